The molecule has 1 saturated carbocycles. The molecule has 2 heteroatoms. The molecule has 2 atom stereocenters. The summed E-state index contributed by atoms with van der Waals surface area (Å²) in [5.74, 6) is 1.49. The van der Waals surface area contributed by atoms with Gasteiger partial charge < -0.3 is 4.74 Å². The average Bonchev–Trinajstić information content (AvgIpc) is 2.76. The zero-order chi connectivity index (χ0) is 18.2. The van der Waals surface area contributed by atoms with E-state index in [4.69, 9.17) is 4.74 Å². The van der Waals surface area contributed by atoms with Crippen molar-refractivity contribution in [2.45, 2.75) is 59.5 Å². The lowest BCUT2D eigenvalue weighted by atomic mass is 9.93. The van der Waals surface area contributed by atoms with Crippen molar-refractivity contribution in [3.8, 4) is 0 Å². The molecule has 0 saturated heterocycles. The molecular weight excluding hydrogens is 308 g/mol. The van der Waals surface area contributed by atoms with Crippen molar-refractivity contribution in [2.24, 2.45) is 17.8 Å². The van der Waals surface area contributed by atoms with Crippen LogP contribution >= 0.6 is 0 Å². The maximum absolute atomic E-state index is 11.8. The molecule has 0 radical (unpaired) electrons. The number of ether oxygens (including phenoxy) is 1. The molecule has 2 unspecified atom stereocenters. The Balaban J connectivity index is 0.000000194. The van der Waals surface area contributed by atoms with Crippen LogP contribution in [0, 0.1) is 17.8 Å². The number of benzene rings is 2. The lowest BCUT2D eigenvalue weighted by molar-refractivity contribution is -0.153. The van der Waals surface area contributed by atoms with Gasteiger partial charge in [-0.15, -0.1) is 0 Å². The molecule has 3 rings (SSSR count). The van der Waals surface area contributed by atoms with Gasteiger partial charge in [0.15, 0.2) is 0 Å². The molecule has 1 aliphatic carbocycles. The van der Waals surface area contributed by atoms with E-state index in [0.29, 0.717) is 11.8 Å². The van der Waals surface area contributed by atoms with E-state index in [1.54, 1.807) is 0 Å². The second-order valence-electron chi connectivity index (χ2n) is 7.79. The molecule has 2 nitrogen and oxygen atoms in total. The van der Waals surface area contributed by atoms with E-state index in [-0.39, 0.29) is 18.0 Å². The summed E-state index contributed by atoms with van der Waals surface area (Å²) in [6, 6.07) is 16.7. The minimum absolute atomic E-state index is 0.0191. The number of rotatable bonds is 2. The van der Waals surface area contributed by atoms with Crippen LogP contribution in [0.25, 0.3) is 10.8 Å². The fraction of sp³-hybridized carbons (Fsp3) is 0.522. The lowest BCUT2D eigenvalue weighted by Crippen LogP contribution is -2.23. The Morgan fingerprint density at radius 2 is 1.28 bits per heavy atom. The van der Waals surface area contributed by atoms with E-state index in [2.05, 4.69) is 62.4 Å². The molecule has 0 bridgehead atoms. The van der Waals surface area contributed by atoms with Gasteiger partial charge in [0.2, 0.25) is 0 Å². The topological polar surface area (TPSA) is 26.3 Å². The quantitative estimate of drug-likeness (QED) is 0.478. The summed E-state index contributed by atoms with van der Waals surface area (Å²) in [7, 11) is 0. The van der Waals surface area contributed by atoms with Crippen LogP contribution in [0.2, 0.25) is 0 Å². The predicted octanol–water partition coefficient (Wildman–Crippen LogP) is 6.24. The summed E-state index contributed by atoms with van der Waals surface area (Å²) in [4.78, 5) is 11.8. The van der Waals surface area contributed by atoms with Gasteiger partial charge in [0.05, 0.1) is 12.0 Å². The van der Waals surface area contributed by atoms with Crippen molar-refractivity contribution in [3.63, 3.8) is 0 Å². The molecule has 0 aromatic heterocycles. The maximum Gasteiger partial charge on any atom is 0.309 e. The van der Waals surface area contributed by atoms with Gasteiger partial charge in [0.1, 0.15) is 0 Å². The molecule has 0 spiro atoms. The van der Waals surface area contributed by atoms with E-state index in [9.17, 15) is 4.79 Å². The number of carbonyl (C=O) groups excluding carboxylic acids is 1. The largest absolute Gasteiger partial charge is 0.463 e. The Labute approximate surface area is 152 Å². The molecule has 1 fully saturated rings. The second kappa shape index (κ2) is 9.60. The van der Waals surface area contributed by atoms with Gasteiger partial charge in [-0.3, -0.25) is 4.79 Å². The van der Waals surface area contributed by atoms with Crippen LogP contribution in [0.3, 0.4) is 0 Å². The lowest BCUT2D eigenvalue weighted by Gasteiger charge is -2.18. The van der Waals surface area contributed by atoms with Crippen LogP contribution in [0.1, 0.15) is 53.4 Å². The fourth-order valence-electron chi connectivity index (χ4n) is 3.53. The van der Waals surface area contributed by atoms with Gasteiger partial charge in [0.25, 0.3) is 0 Å². The third-order valence-corrected chi connectivity index (χ3v) is 4.87. The normalized spacial score (nSPS) is 23.5. The highest BCUT2D eigenvalue weighted by atomic mass is 16.5. The fourth-order valence-corrected chi connectivity index (χ4v) is 3.53. The monoisotopic (exact) mass is 340 g/mol. The van der Waals surface area contributed by atoms with Crippen LogP contribution in [0.15, 0.2) is 48.5 Å². The van der Waals surface area contributed by atoms with E-state index >= 15 is 0 Å². The van der Waals surface area contributed by atoms with Crippen LogP contribution in [-0.2, 0) is 9.53 Å². The maximum atomic E-state index is 11.8. The Kier molecular flexibility index (Phi) is 7.49. The molecule has 2 aromatic rings. The van der Waals surface area contributed by atoms with E-state index in [0.717, 1.165) is 12.8 Å². The molecule has 1 aliphatic rings. The third-order valence-electron chi connectivity index (χ3n) is 4.87. The smallest absolute Gasteiger partial charge is 0.309 e. The van der Waals surface area contributed by atoms with Crippen LogP contribution in [0.4, 0.5) is 0 Å². The van der Waals surface area contributed by atoms with Gasteiger partial charge in [-0.25, -0.2) is 0 Å². The molecule has 0 N–H and O–H groups in total. The van der Waals surface area contributed by atoms with Crippen molar-refractivity contribution in [1.29, 1.82) is 0 Å². The molecule has 136 valence electrons. The highest BCUT2D eigenvalue weighted by Gasteiger charge is 2.28. The molecular formula is C23H32O2. The number of hydrogen-bond donors (Lipinski definition) is 0. The minimum atomic E-state index is 0.0191. The summed E-state index contributed by atoms with van der Waals surface area (Å²) < 4.78 is 5.30. The highest BCUT2D eigenvalue weighted by molar-refractivity contribution is 5.82. The first kappa shape index (κ1) is 19.5. The van der Waals surface area contributed by atoms with Gasteiger partial charge in [-0.05, 0) is 49.3 Å². The number of carbonyl (C=O) groups is 1. The first-order valence-corrected chi connectivity index (χ1v) is 9.60. The van der Waals surface area contributed by atoms with Gasteiger partial charge in [-0.2, -0.15) is 0 Å². The van der Waals surface area contributed by atoms with Crippen molar-refractivity contribution in [1.82, 2.24) is 0 Å². The molecule has 0 aliphatic heterocycles. The van der Waals surface area contributed by atoms with Gasteiger partial charge >= 0.3 is 5.97 Å². The third kappa shape index (κ3) is 6.53. The Morgan fingerprint density at radius 3 is 1.64 bits per heavy atom. The molecule has 2 aromatic carbocycles. The number of esters is 1. The molecule has 25 heavy (non-hydrogen) atoms. The molecule has 0 amide bonds. The van der Waals surface area contributed by atoms with Crippen molar-refractivity contribution in [3.05, 3.63) is 48.5 Å². The number of hydrogen-bond acceptors (Lipinski definition) is 2. The Bertz CT molecular complexity index is 584. The summed E-state index contributed by atoms with van der Waals surface area (Å²) in [5, 5.41) is 2.62. The predicted molar refractivity (Wildman–Crippen MR) is 105 cm³/mol. The summed E-state index contributed by atoms with van der Waals surface area (Å²) in [6.07, 6.45) is 4.55. The van der Waals surface area contributed by atoms with Crippen LogP contribution < -0.4 is 0 Å². The van der Waals surface area contributed by atoms with Crippen molar-refractivity contribution in [2.75, 3.05) is 0 Å². The van der Waals surface area contributed by atoms with E-state index in [1.165, 1.54) is 23.6 Å². The van der Waals surface area contributed by atoms with Crippen LogP contribution in [0.5, 0.6) is 0 Å². The summed E-state index contributed by atoms with van der Waals surface area (Å²) in [5.41, 5.74) is 0. The SMILES string of the molecule is CC1CCC(C)CC(C(=O)OC(C)C)C1.c1ccc2ccccc2c1. The highest BCUT2D eigenvalue weighted by Crippen LogP contribution is 2.31. The van der Waals surface area contributed by atoms with Gasteiger partial charge in [0, 0.05) is 0 Å². The van der Waals surface area contributed by atoms with E-state index in [1.807, 2.05) is 13.8 Å². The van der Waals surface area contributed by atoms with Crippen molar-refractivity contribution < 1.29 is 9.53 Å². The second-order valence-corrected chi connectivity index (χ2v) is 7.79. The molecule has 0 heterocycles. The van der Waals surface area contributed by atoms with E-state index < -0.39 is 0 Å². The zero-order valence-corrected chi connectivity index (χ0v) is 16.1. The standard InChI is InChI=1S/C13H24O2.C10H8/c1-9(2)15-13(14)12-7-10(3)5-6-11(4)8-12;1-2-6-10-8-4-3-7-9(10)5-1/h9-12H,5-8H2,1-4H3;1-8H. The van der Waals surface area contributed by atoms with Gasteiger partial charge in [-0.1, -0.05) is 75.2 Å². The summed E-state index contributed by atoms with van der Waals surface area (Å²) in [6.45, 7) is 8.32. The Hall–Kier alpha value is -1.83. The first-order chi connectivity index (χ1) is 12.0. The van der Waals surface area contributed by atoms with Crippen molar-refractivity contribution >= 4 is 16.7 Å². The minimum Gasteiger partial charge on any atom is -0.463 e. The zero-order valence-electron chi connectivity index (χ0n) is 16.1. The Morgan fingerprint density at radius 1 is 0.880 bits per heavy atom. The number of fused-ring (bicyclic) bond motifs is 1. The van der Waals surface area contributed by atoms with Crippen LogP contribution in [-0.4, -0.2) is 12.1 Å². The first-order valence-electron chi connectivity index (χ1n) is 9.60. The average molecular weight is 341 g/mol. The summed E-state index contributed by atoms with van der Waals surface area (Å²) >= 11 is 0.